The molecule has 1 saturated heterocycles. The second-order valence-corrected chi connectivity index (χ2v) is 4.75. The molecule has 0 aromatic carbocycles. The molecule has 0 unspecified atom stereocenters. The van der Waals surface area contributed by atoms with Gasteiger partial charge in [0.15, 0.2) is 0 Å². The van der Waals surface area contributed by atoms with E-state index in [9.17, 15) is 0 Å². The Morgan fingerprint density at radius 2 is 2.21 bits per heavy atom. The Labute approximate surface area is 114 Å². The third-order valence-electron chi connectivity index (χ3n) is 3.23. The summed E-state index contributed by atoms with van der Waals surface area (Å²) >= 11 is 0. The highest BCUT2D eigenvalue weighted by atomic mass is 16.5. The standard InChI is InChI=1S/C14H23N3O2/c1-12-9-13(10-15-3-6-18-2)11-16-14(12)17-4-7-19-8-5-17/h9,11,15H,3-8,10H2,1-2H3. The van der Waals surface area contributed by atoms with Gasteiger partial charge in [-0.1, -0.05) is 0 Å². The molecule has 5 nitrogen and oxygen atoms in total. The number of aromatic nitrogens is 1. The molecule has 1 aliphatic heterocycles. The fraction of sp³-hybridized carbons (Fsp3) is 0.643. The first-order valence-electron chi connectivity index (χ1n) is 6.79. The summed E-state index contributed by atoms with van der Waals surface area (Å²) < 4.78 is 10.4. The molecule has 1 fully saturated rings. The minimum atomic E-state index is 0.734. The molecule has 1 aromatic heterocycles. The van der Waals surface area contributed by atoms with Crippen molar-refractivity contribution in [3.8, 4) is 0 Å². The zero-order chi connectivity index (χ0) is 13.5. The molecule has 0 radical (unpaired) electrons. The van der Waals surface area contributed by atoms with Crippen LogP contribution in [0, 0.1) is 6.92 Å². The molecule has 0 saturated carbocycles. The summed E-state index contributed by atoms with van der Waals surface area (Å²) in [6, 6.07) is 2.21. The van der Waals surface area contributed by atoms with Crippen molar-refractivity contribution >= 4 is 5.82 Å². The number of pyridine rings is 1. The number of morpholine rings is 1. The van der Waals surface area contributed by atoms with Gasteiger partial charge in [0, 0.05) is 39.5 Å². The van der Waals surface area contributed by atoms with Crippen LogP contribution < -0.4 is 10.2 Å². The number of anilines is 1. The van der Waals surface area contributed by atoms with E-state index in [0.29, 0.717) is 0 Å². The molecule has 1 N–H and O–H groups in total. The highest BCUT2D eigenvalue weighted by Gasteiger charge is 2.14. The number of nitrogens with zero attached hydrogens (tertiary/aromatic N) is 2. The van der Waals surface area contributed by atoms with Crippen LogP contribution in [0.1, 0.15) is 11.1 Å². The molecule has 5 heteroatoms. The second-order valence-electron chi connectivity index (χ2n) is 4.75. The van der Waals surface area contributed by atoms with Crippen LogP contribution in [0.25, 0.3) is 0 Å². The first-order chi connectivity index (χ1) is 9.31. The topological polar surface area (TPSA) is 46.6 Å². The molecule has 2 rings (SSSR count). The minimum absolute atomic E-state index is 0.734. The van der Waals surface area contributed by atoms with Crippen LogP contribution in [-0.2, 0) is 16.0 Å². The lowest BCUT2D eigenvalue weighted by Crippen LogP contribution is -2.37. The molecule has 0 spiro atoms. The van der Waals surface area contributed by atoms with Gasteiger partial charge in [0.05, 0.1) is 19.8 Å². The van der Waals surface area contributed by atoms with Gasteiger partial charge in [-0.05, 0) is 24.1 Å². The Morgan fingerprint density at radius 3 is 2.89 bits per heavy atom. The Morgan fingerprint density at radius 1 is 1.42 bits per heavy atom. The van der Waals surface area contributed by atoms with Crippen molar-refractivity contribution in [2.75, 3.05) is 51.5 Å². The normalized spacial score (nSPS) is 15.8. The first-order valence-corrected chi connectivity index (χ1v) is 6.79. The van der Waals surface area contributed by atoms with E-state index in [1.54, 1.807) is 7.11 Å². The average Bonchev–Trinajstić information content (AvgIpc) is 2.45. The number of ether oxygens (including phenoxy) is 2. The van der Waals surface area contributed by atoms with Crippen molar-refractivity contribution in [2.24, 2.45) is 0 Å². The van der Waals surface area contributed by atoms with Crippen LogP contribution in [0.5, 0.6) is 0 Å². The highest BCUT2D eigenvalue weighted by Crippen LogP contribution is 2.18. The third kappa shape index (κ3) is 4.16. The Balaban J connectivity index is 1.92. The summed E-state index contributed by atoms with van der Waals surface area (Å²) in [7, 11) is 1.71. The van der Waals surface area contributed by atoms with E-state index >= 15 is 0 Å². The smallest absolute Gasteiger partial charge is 0.131 e. The third-order valence-corrected chi connectivity index (χ3v) is 3.23. The summed E-state index contributed by atoms with van der Waals surface area (Å²) in [5, 5.41) is 3.33. The lowest BCUT2D eigenvalue weighted by Gasteiger charge is -2.29. The average molecular weight is 265 g/mol. The number of aryl methyl sites for hydroxylation is 1. The number of hydrogen-bond acceptors (Lipinski definition) is 5. The number of methoxy groups -OCH3 is 1. The van der Waals surface area contributed by atoms with E-state index in [4.69, 9.17) is 9.47 Å². The molecule has 19 heavy (non-hydrogen) atoms. The second kappa shape index (κ2) is 7.43. The number of hydrogen-bond donors (Lipinski definition) is 1. The van der Waals surface area contributed by atoms with Gasteiger partial charge in [0.1, 0.15) is 5.82 Å². The summed E-state index contributed by atoms with van der Waals surface area (Å²) in [6.45, 7) is 8.00. The van der Waals surface area contributed by atoms with E-state index < -0.39 is 0 Å². The van der Waals surface area contributed by atoms with Crippen molar-refractivity contribution in [3.63, 3.8) is 0 Å². The van der Waals surface area contributed by atoms with Crippen LogP contribution in [0.4, 0.5) is 5.82 Å². The monoisotopic (exact) mass is 265 g/mol. The summed E-state index contributed by atoms with van der Waals surface area (Å²) in [5.74, 6) is 1.09. The van der Waals surface area contributed by atoms with Gasteiger partial charge in [-0.3, -0.25) is 0 Å². The predicted molar refractivity (Wildman–Crippen MR) is 75.6 cm³/mol. The summed E-state index contributed by atoms with van der Waals surface area (Å²) in [6.07, 6.45) is 1.96. The predicted octanol–water partition coefficient (Wildman–Crippen LogP) is 0.963. The van der Waals surface area contributed by atoms with E-state index in [1.165, 1.54) is 11.1 Å². The zero-order valence-electron chi connectivity index (χ0n) is 11.8. The van der Waals surface area contributed by atoms with E-state index in [1.807, 2.05) is 6.20 Å². The number of rotatable bonds is 6. The van der Waals surface area contributed by atoms with Crippen LogP contribution in [0.15, 0.2) is 12.3 Å². The lowest BCUT2D eigenvalue weighted by molar-refractivity contribution is 0.122. The van der Waals surface area contributed by atoms with E-state index in [2.05, 4.69) is 28.2 Å². The fourth-order valence-electron chi connectivity index (χ4n) is 2.24. The maximum absolute atomic E-state index is 5.37. The lowest BCUT2D eigenvalue weighted by atomic mass is 10.2. The molecule has 0 aliphatic carbocycles. The quantitative estimate of drug-likeness (QED) is 0.776. The summed E-state index contributed by atoms with van der Waals surface area (Å²) in [5.41, 5.74) is 2.44. The SMILES string of the molecule is COCCNCc1cnc(N2CCOCC2)c(C)c1. The molecule has 106 valence electrons. The minimum Gasteiger partial charge on any atom is -0.383 e. The Kier molecular flexibility index (Phi) is 5.57. The molecule has 1 aliphatic rings. The van der Waals surface area contributed by atoms with Crippen LogP contribution in [0.3, 0.4) is 0 Å². The van der Waals surface area contributed by atoms with Crippen molar-refractivity contribution in [1.82, 2.24) is 10.3 Å². The van der Waals surface area contributed by atoms with Crippen molar-refractivity contribution < 1.29 is 9.47 Å². The Bertz CT molecular complexity index is 392. The Hall–Kier alpha value is -1.17. The van der Waals surface area contributed by atoms with Crippen LogP contribution in [-0.4, -0.2) is 51.5 Å². The van der Waals surface area contributed by atoms with Crippen LogP contribution in [0.2, 0.25) is 0 Å². The molecule has 1 aromatic rings. The maximum atomic E-state index is 5.37. The van der Waals surface area contributed by atoms with Crippen molar-refractivity contribution in [1.29, 1.82) is 0 Å². The van der Waals surface area contributed by atoms with Gasteiger partial charge in [0.25, 0.3) is 0 Å². The molecular formula is C14H23N3O2. The van der Waals surface area contributed by atoms with Gasteiger partial charge >= 0.3 is 0 Å². The van der Waals surface area contributed by atoms with Gasteiger partial charge in [-0.25, -0.2) is 4.98 Å². The first kappa shape index (κ1) is 14.2. The molecule has 2 heterocycles. The highest BCUT2D eigenvalue weighted by molar-refractivity contribution is 5.47. The van der Waals surface area contributed by atoms with Gasteiger partial charge in [-0.15, -0.1) is 0 Å². The van der Waals surface area contributed by atoms with E-state index in [0.717, 1.165) is 51.8 Å². The largest absolute Gasteiger partial charge is 0.383 e. The molecule has 0 amide bonds. The number of nitrogens with one attached hydrogen (secondary N) is 1. The van der Waals surface area contributed by atoms with E-state index in [-0.39, 0.29) is 0 Å². The molecule has 0 atom stereocenters. The van der Waals surface area contributed by atoms with Crippen molar-refractivity contribution in [2.45, 2.75) is 13.5 Å². The van der Waals surface area contributed by atoms with Gasteiger partial charge in [0.2, 0.25) is 0 Å². The molecular weight excluding hydrogens is 242 g/mol. The maximum Gasteiger partial charge on any atom is 0.131 e. The fourth-order valence-corrected chi connectivity index (χ4v) is 2.24. The summed E-state index contributed by atoms with van der Waals surface area (Å²) in [4.78, 5) is 6.89. The van der Waals surface area contributed by atoms with Gasteiger partial charge < -0.3 is 19.7 Å². The van der Waals surface area contributed by atoms with Crippen molar-refractivity contribution in [3.05, 3.63) is 23.4 Å². The van der Waals surface area contributed by atoms with Gasteiger partial charge in [-0.2, -0.15) is 0 Å². The zero-order valence-corrected chi connectivity index (χ0v) is 11.8. The molecule has 0 bridgehead atoms. The van der Waals surface area contributed by atoms with Crippen LogP contribution >= 0.6 is 0 Å².